The third-order valence-corrected chi connectivity index (χ3v) is 25.0. The van der Waals surface area contributed by atoms with Crippen LogP contribution in [0.1, 0.15) is 207 Å². The lowest BCUT2D eigenvalue weighted by molar-refractivity contribution is -0.144. The van der Waals surface area contributed by atoms with Gasteiger partial charge in [0.1, 0.15) is 66.5 Å². The average Bonchev–Trinajstić information content (AvgIpc) is 1.82. The molecule has 16 atom stereocenters. The Hall–Kier alpha value is -6.68. The van der Waals surface area contributed by atoms with Crippen LogP contribution in [0.3, 0.4) is 0 Å². The first-order valence-electron chi connectivity index (χ1n) is 39.9. The Kier molecular flexibility index (Phi) is 34.1. The van der Waals surface area contributed by atoms with E-state index in [1.54, 1.807) is 27.7 Å². The van der Waals surface area contributed by atoms with Gasteiger partial charge in [-0.05, 0) is 196 Å². The molecule has 109 heavy (non-hydrogen) atoms. The molecule has 30 nitrogen and oxygen atoms in total. The SMILES string of the molecule is CCC[C@@H]1NC(=O)[C@H](CC2CNC3NCCCC23)NC(=O)[C@H]([C@@H](C)O)NC(=O)[C@@H]2CCCN2C(=O)[C@H](CC2CCC(O)CC2)NC(=O)[C@H](C(C)(C)C)NC(=O)CCSCc2cccc(c2)CSC[C@@H](C(N)=O)NC(=O)[C@H]([C@@H](C)O)NC(=O)[C@H](C2CCCCC2)NC(=O)[C@H](CC2CCC(O)CC2)NC(=O)[C@H](C)NC1=O. The summed E-state index contributed by atoms with van der Waals surface area (Å²) in [5.74, 6) is -8.41. The standard InChI is InChI=1S/C77H124N14O16S2/c1-8-15-54-68(99)81-42(2)67(98)83-55(35-45-22-26-51(94)27-23-45)70(101)90-63(49-18-10-9-11-19-49)74(105)89-62(44(4)93)73(104)86-58(65(78)97)41-109-40-48-17-12-16-47(34-48)39-108-33-30-60(96)87-64(77(5,6)7)75(106)85-57(36-46-24-28-52(95)29-25-46)76(107)91-32-14-21-59(91)71(102)88-61(43(3)92)72(103)84-56(69(100)82-54)37-50-38-80-66-53(50)20-13-31-79-66/h12,16-17,34,42-46,49-59,61-64,66,79-80,92-95H,8-11,13-15,18-33,35-41H2,1-7H3,(H2,78,97)(H,81,99)(H,82,100)(H,83,98)(H,84,103)(H,85,106)(H,86,104)(H,87,96)(H,88,102)(H,89,105)(H,90,101)/t42-,43+,44+,45?,46?,50?,51?,52?,53?,54-,55-,56-,57-,58-,59-,61-,62-,63-,64+,66?/m0/s1. The smallest absolute Gasteiger partial charge is 0.245 e. The molecule has 3 saturated heterocycles. The molecular formula is C77H124N14O16S2. The number of nitrogens with two attached hydrogens (primary N) is 1. The summed E-state index contributed by atoms with van der Waals surface area (Å²) in [4.78, 5) is 176. The summed E-state index contributed by atoms with van der Waals surface area (Å²) in [7, 11) is 0. The lowest BCUT2D eigenvalue weighted by atomic mass is 9.82. The second kappa shape index (κ2) is 42.3. The van der Waals surface area contributed by atoms with Crippen LogP contribution in [0.5, 0.6) is 0 Å². The van der Waals surface area contributed by atoms with Crippen molar-refractivity contribution in [3.05, 3.63) is 35.4 Å². The van der Waals surface area contributed by atoms with Gasteiger partial charge < -0.3 is 94.9 Å². The number of rotatable bonds is 12. The summed E-state index contributed by atoms with van der Waals surface area (Å²) in [5.41, 5.74) is 6.83. The minimum absolute atomic E-state index is 0.0141. The Labute approximate surface area is 649 Å². The van der Waals surface area contributed by atoms with Crippen molar-refractivity contribution < 1.29 is 78.0 Å². The highest BCUT2D eigenvalue weighted by Crippen LogP contribution is 2.35. The largest absolute Gasteiger partial charge is 0.393 e. The van der Waals surface area contributed by atoms with Crippen LogP contribution < -0.4 is 69.5 Å². The lowest BCUT2D eigenvalue weighted by Gasteiger charge is -2.35. The Morgan fingerprint density at radius 1 is 0.578 bits per heavy atom. The number of primary amides is 1. The van der Waals surface area contributed by atoms with Crippen LogP contribution >= 0.6 is 23.5 Å². The van der Waals surface area contributed by atoms with Gasteiger partial charge in [-0.25, -0.2) is 0 Å². The molecule has 2 bridgehead atoms. The maximum atomic E-state index is 15.2. The number of aliphatic hydroxyl groups excluding tert-OH is 4. The molecule has 1 aromatic rings. The van der Waals surface area contributed by atoms with Gasteiger partial charge in [0.05, 0.1) is 30.6 Å². The maximum absolute atomic E-state index is 15.2. The molecule has 4 heterocycles. The fourth-order valence-electron chi connectivity index (χ4n) is 16.5. The summed E-state index contributed by atoms with van der Waals surface area (Å²) in [5, 5.41) is 78.4. The number of hydrogen-bond donors (Lipinski definition) is 17. The molecule has 4 aliphatic heterocycles. The van der Waals surface area contributed by atoms with Gasteiger partial charge in [0.2, 0.25) is 70.9 Å². The first-order chi connectivity index (χ1) is 51.9. The molecule has 12 amide bonds. The third kappa shape index (κ3) is 26.2. The van der Waals surface area contributed by atoms with Crippen molar-refractivity contribution in [1.29, 1.82) is 0 Å². The number of fused-ring (bicyclic) bond motifs is 4. The molecule has 6 fully saturated rings. The number of thioether (sulfide) groups is 2. The van der Waals surface area contributed by atoms with Crippen LogP contribution in [0, 0.1) is 35.0 Å². The van der Waals surface area contributed by atoms with Gasteiger partial charge in [0.15, 0.2) is 0 Å². The van der Waals surface area contributed by atoms with Crippen molar-refractivity contribution in [3.8, 4) is 0 Å². The van der Waals surface area contributed by atoms with Crippen molar-refractivity contribution in [2.75, 3.05) is 31.1 Å². The van der Waals surface area contributed by atoms with E-state index in [0.717, 1.165) is 49.8 Å². The maximum Gasteiger partial charge on any atom is 0.245 e. The van der Waals surface area contributed by atoms with Gasteiger partial charge >= 0.3 is 0 Å². The van der Waals surface area contributed by atoms with E-state index in [1.165, 1.54) is 49.2 Å². The van der Waals surface area contributed by atoms with Crippen LogP contribution in [0.15, 0.2) is 24.3 Å². The molecule has 3 saturated carbocycles. The summed E-state index contributed by atoms with van der Waals surface area (Å²) < 4.78 is 0. The minimum Gasteiger partial charge on any atom is -0.393 e. The van der Waals surface area contributed by atoms with Gasteiger partial charge in [0, 0.05) is 36.0 Å². The molecule has 8 rings (SSSR count). The summed E-state index contributed by atoms with van der Waals surface area (Å²) in [6, 6.07) is -6.82. The fourth-order valence-corrected chi connectivity index (χ4v) is 18.4. The van der Waals surface area contributed by atoms with Gasteiger partial charge in [-0.3, -0.25) is 57.5 Å². The number of hydrogen-bond acceptors (Lipinski definition) is 20. The zero-order valence-corrected chi connectivity index (χ0v) is 66.3. The van der Waals surface area contributed by atoms with Gasteiger partial charge in [0.25, 0.3) is 0 Å². The molecule has 610 valence electrons. The highest BCUT2D eigenvalue weighted by molar-refractivity contribution is 7.98. The average molecular weight is 1570 g/mol. The van der Waals surface area contributed by atoms with E-state index in [-0.39, 0.29) is 80.7 Å². The number of aliphatic hydroxyl groups is 4. The fraction of sp³-hybridized carbons (Fsp3) is 0.766. The Bertz CT molecular complexity index is 3270. The van der Waals surface area contributed by atoms with Crippen LogP contribution in [-0.2, 0) is 69.0 Å². The zero-order chi connectivity index (χ0) is 79.2. The Morgan fingerprint density at radius 3 is 1.75 bits per heavy atom. The van der Waals surface area contributed by atoms with Crippen LogP contribution in [0.25, 0.3) is 0 Å². The number of nitrogens with zero attached hydrogens (tertiary/aromatic N) is 1. The molecule has 3 unspecified atom stereocenters. The lowest BCUT2D eigenvalue weighted by Crippen LogP contribution is -2.63. The summed E-state index contributed by atoms with van der Waals surface area (Å²) in [6.45, 7) is 12.5. The number of carbonyl (C=O) groups is 12. The minimum atomic E-state index is -1.67. The van der Waals surface area contributed by atoms with E-state index in [0.29, 0.717) is 101 Å². The summed E-state index contributed by atoms with van der Waals surface area (Å²) >= 11 is 2.80. The highest BCUT2D eigenvalue weighted by Gasteiger charge is 2.46. The normalized spacial score (nSPS) is 33.5. The molecule has 1 aromatic carbocycles. The van der Waals surface area contributed by atoms with E-state index >= 15 is 9.59 Å². The number of benzene rings is 1. The molecular weight excluding hydrogens is 1440 g/mol. The molecule has 0 aromatic heterocycles. The van der Waals surface area contributed by atoms with E-state index < -0.39 is 173 Å². The molecule has 0 spiro atoms. The van der Waals surface area contributed by atoms with Crippen LogP contribution in [-0.4, -0.2) is 224 Å². The Morgan fingerprint density at radius 2 is 1.14 bits per heavy atom. The summed E-state index contributed by atoms with van der Waals surface area (Å²) in [6.07, 6.45) is 6.25. The predicted octanol–water partition coefficient (Wildman–Crippen LogP) is 0.907. The first-order valence-corrected chi connectivity index (χ1v) is 42.2. The number of carbonyl (C=O) groups excluding carboxylic acids is 12. The van der Waals surface area contributed by atoms with Crippen molar-refractivity contribution in [2.24, 2.45) is 40.7 Å². The molecule has 32 heteroatoms. The quantitative estimate of drug-likeness (QED) is 0.138. The van der Waals surface area contributed by atoms with Crippen LogP contribution in [0.4, 0.5) is 0 Å². The second-order valence-corrected chi connectivity index (χ2v) is 34.9. The van der Waals surface area contributed by atoms with E-state index in [4.69, 9.17) is 5.73 Å². The zero-order valence-electron chi connectivity index (χ0n) is 64.7. The van der Waals surface area contributed by atoms with Crippen molar-refractivity contribution >= 4 is 94.4 Å². The van der Waals surface area contributed by atoms with Crippen LogP contribution in [0.2, 0.25) is 0 Å². The molecule has 7 aliphatic rings. The van der Waals surface area contributed by atoms with Crippen molar-refractivity contribution in [3.63, 3.8) is 0 Å². The van der Waals surface area contributed by atoms with Gasteiger partial charge in [-0.2, -0.15) is 23.5 Å². The number of piperidine rings is 1. The molecule has 3 aliphatic carbocycles. The van der Waals surface area contributed by atoms with E-state index in [2.05, 4.69) is 63.8 Å². The molecule has 0 radical (unpaired) electrons. The molecule has 18 N–H and O–H groups in total. The second-order valence-electron chi connectivity index (χ2n) is 32.7. The number of nitrogens with one attached hydrogen (secondary N) is 12. The van der Waals surface area contributed by atoms with E-state index in [9.17, 15) is 68.4 Å². The first kappa shape index (κ1) is 87.9. The monoisotopic (exact) mass is 1560 g/mol. The van der Waals surface area contributed by atoms with E-state index in [1.807, 2.05) is 24.3 Å². The topological polar surface area (TPSA) is 459 Å². The van der Waals surface area contributed by atoms with Crippen molar-refractivity contribution in [1.82, 2.24) is 68.7 Å². The number of amides is 12. The van der Waals surface area contributed by atoms with Gasteiger partial charge in [-0.15, -0.1) is 0 Å². The Balaban J connectivity index is 1.08. The third-order valence-electron chi connectivity index (χ3n) is 22.9. The van der Waals surface area contributed by atoms with Gasteiger partial charge in [-0.1, -0.05) is 77.6 Å². The highest BCUT2D eigenvalue weighted by atomic mass is 32.2. The van der Waals surface area contributed by atoms with Crippen molar-refractivity contribution in [2.45, 2.75) is 305 Å². The predicted molar refractivity (Wildman–Crippen MR) is 412 cm³/mol.